The molecule has 1 fully saturated rings. The van der Waals surface area contributed by atoms with Gasteiger partial charge in [-0.05, 0) is 45.6 Å². The molecular weight excluding hydrogens is 330 g/mol. The van der Waals surface area contributed by atoms with Gasteiger partial charge in [0.15, 0.2) is 5.65 Å². The van der Waals surface area contributed by atoms with Gasteiger partial charge in [-0.2, -0.15) is 5.10 Å². The molecule has 0 saturated carbocycles. The zero-order valence-corrected chi connectivity index (χ0v) is 15.2. The van der Waals surface area contributed by atoms with Gasteiger partial charge in [-0.25, -0.2) is 9.50 Å². The third-order valence-electron chi connectivity index (χ3n) is 5.21. The van der Waals surface area contributed by atoms with Crippen molar-refractivity contribution in [2.24, 2.45) is 0 Å². The second-order valence-corrected chi connectivity index (χ2v) is 6.89. The van der Waals surface area contributed by atoms with Crippen molar-refractivity contribution in [3.05, 3.63) is 47.2 Å². The van der Waals surface area contributed by atoms with Gasteiger partial charge < -0.3 is 9.42 Å². The second kappa shape index (κ2) is 6.90. The van der Waals surface area contributed by atoms with E-state index < -0.39 is 0 Å². The maximum atomic E-state index is 12.9. The summed E-state index contributed by atoms with van der Waals surface area (Å²) in [4.78, 5) is 19.7. The van der Waals surface area contributed by atoms with E-state index in [1.54, 1.807) is 10.7 Å². The van der Waals surface area contributed by atoms with Crippen LogP contribution in [0.3, 0.4) is 0 Å². The molecule has 3 aromatic rings. The molecule has 26 heavy (non-hydrogen) atoms. The molecule has 1 aliphatic heterocycles. The normalized spacial score (nSPS) is 17.8. The summed E-state index contributed by atoms with van der Waals surface area (Å²) in [7, 11) is 0. The van der Waals surface area contributed by atoms with Gasteiger partial charge in [0, 0.05) is 30.8 Å². The number of hydrogen-bond donors (Lipinski definition) is 0. The van der Waals surface area contributed by atoms with E-state index >= 15 is 0 Å². The number of rotatable bonds is 4. The molecule has 1 unspecified atom stereocenters. The van der Waals surface area contributed by atoms with E-state index in [2.05, 4.69) is 10.3 Å². The van der Waals surface area contributed by atoms with E-state index in [4.69, 9.17) is 9.51 Å². The minimum absolute atomic E-state index is 0.0424. The van der Waals surface area contributed by atoms with Gasteiger partial charge in [0.05, 0.1) is 23.6 Å². The van der Waals surface area contributed by atoms with Crippen molar-refractivity contribution in [2.45, 2.75) is 52.0 Å². The number of carbonyl (C=O) groups excluding carboxylic acids is 1. The first-order valence-electron chi connectivity index (χ1n) is 9.15. The highest BCUT2D eigenvalue weighted by Gasteiger charge is 2.29. The van der Waals surface area contributed by atoms with E-state index in [-0.39, 0.29) is 11.9 Å². The van der Waals surface area contributed by atoms with E-state index in [9.17, 15) is 4.79 Å². The fourth-order valence-electron chi connectivity index (χ4n) is 3.78. The first-order valence-corrected chi connectivity index (χ1v) is 9.15. The Balaban J connectivity index is 1.52. The summed E-state index contributed by atoms with van der Waals surface area (Å²) in [6.07, 6.45) is 7.90. The van der Waals surface area contributed by atoms with Crippen molar-refractivity contribution in [1.29, 1.82) is 0 Å². The van der Waals surface area contributed by atoms with E-state index in [0.717, 1.165) is 54.2 Å². The molecule has 0 aliphatic carbocycles. The van der Waals surface area contributed by atoms with E-state index in [1.165, 1.54) is 0 Å². The minimum atomic E-state index is 0.0424. The van der Waals surface area contributed by atoms with Crippen LogP contribution in [0.5, 0.6) is 0 Å². The first kappa shape index (κ1) is 16.8. The maximum absolute atomic E-state index is 12.9. The number of likely N-dealkylation sites (tertiary alicyclic amines) is 1. The van der Waals surface area contributed by atoms with Gasteiger partial charge in [-0.1, -0.05) is 5.16 Å². The molecule has 1 atom stereocenters. The van der Waals surface area contributed by atoms with Crippen molar-refractivity contribution < 1.29 is 9.32 Å². The largest absolute Gasteiger partial charge is 0.361 e. The standard InChI is InChI=1S/C19H23N5O2/c1-13-15(14(2)26-22-13)6-7-19(25)23-11-4-3-5-17(23)16-9-12-24-18(21-16)8-10-20-24/h8-10,12,17H,3-7,11H2,1-2H3. The Morgan fingerprint density at radius 2 is 2.19 bits per heavy atom. The minimum Gasteiger partial charge on any atom is -0.361 e. The van der Waals surface area contributed by atoms with Gasteiger partial charge in [0.2, 0.25) is 5.91 Å². The van der Waals surface area contributed by atoms with Crippen molar-refractivity contribution >= 4 is 11.6 Å². The number of aryl methyl sites for hydroxylation is 2. The quantitative estimate of drug-likeness (QED) is 0.720. The fraction of sp³-hybridized carbons (Fsp3) is 0.474. The lowest BCUT2D eigenvalue weighted by Crippen LogP contribution is -2.39. The molecule has 4 rings (SSSR count). The third kappa shape index (κ3) is 3.09. The smallest absolute Gasteiger partial charge is 0.223 e. The van der Waals surface area contributed by atoms with Crippen LogP contribution in [0.4, 0.5) is 0 Å². The Morgan fingerprint density at radius 3 is 3.00 bits per heavy atom. The molecule has 0 aromatic carbocycles. The van der Waals surface area contributed by atoms with Gasteiger partial charge in [-0.3, -0.25) is 4.79 Å². The van der Waals surface area contributed by atoms with Gasteiger partial charge in [-0.15, -0.1) is 0 Å². The Hall–Kier alpha value is -2.70. The molecule has 0 bridgehead atoms. The highest BCUT2D eigenvalue weighted by Crippen LogP contribution is 2.31. The lowest BCUT2D eigenvalue weighted by Gasteiger charge is -2.35. The van der Waals surface area contributed by atoms with E-state index in [0.29, 0.717) is 12.8 Å². The molecular formula is C19H23N5O2. The topological polar surface area (TPSA) is 76.5 Å². The number of hydrogen-bond acceptors (Lipinski definition) is 5. The average Bonchev–Trinajstić information content (AvgIpc) is 3.25. The van der Waals surface area contributed by atoms with Gasteiger partial charge >= 0.3 is 0 Å². The van der Waals surface area contributed by atoms with Gasteiger partial charge in [0.1, 0.15) is 5.76 Å². The lowest BCUT2D eigenvalue weighted by atomic mass is 9.98. The second-order valence-electron chi connectivity index (χ2n) is 6.89. The zero-order chi connectivity index (χ0) is 18.1. The summed E-state index contributed by atoms with van der Waals surface area (Å²) < 4.78 is 6.95. The predicted molar refractivity (Wildman–Crippen MR) is 95.6 cm³/mol. The number of fused-ring (bicyclic) bond motifs is 1. The molecule has 1 aliphatic rings. The first-order chi connectivity index (χ1) is 12.6. The highest BCUT2D eigenvalue weighted by atomic mass is 16.5. The Labute approximate surface area is 152 Å². The molecule has 0 radical (unpaired) electrons. The molecule has 1 amide bonds. The molecule has 1 saturated heterocycles. The summed E-state index contributed by atoms with van der Waals surface area (Å²) >= 11 is 0. The van der Waals surface area contributed by atoms with Crippen LogP contribution in [-0.2, 0) is 11.2 Å². The number of nitrogens with zero attached hydrogens (tertiary/aromatic N) is 5. The summed E-state index contributed by atoms with van der Waals surface area (Å²) in [6, 6.07) is 3.90. The van der Waals surface area contributed by atoms with Crippen LogP contribution >= 0.6 is 0 Å². The molecule has 7 heteroatoms. The van der Waals surface area contributed by atoms with Gasteiger partial charge in [0.25, 0.3) is 0 Å². The van der Waals surface area contributed by atoms with Crippen LogP contribution in [0.15, 0.2) is 29.0 Å². The molecule has 0 spiro atoms. The maximum Gasteiger partial charge on any atom is 0.223 e. The van der Waals surface area contributed by atoms with Crippen LogP contribution in [0.1, 0.15) is 54.4 Å². The Kier molecular flexibility index (Phi) is 4.44. The summed E-state index contributed by atoms with van der Waals surface area (Å²) in [6.45, 7) is 4.61. The SMILES string of the molecule is Cc1noc(C)c1CCC(=O)N1CCCCC1c1ccn2nccc2n1. The van der Waals surface area contributed by atoms with Crippen LogP contribution in [-0.4, -0.2) is 37.1 Å². The summed E-state index contributed by atoms with van der Waals surface area (Å²) in [5.41, 5.74) is 3.68. The molecule has 136 valence electrons. The van der Waals surface area contributed by atoms with Crippen LogP contribution in [0.2, 0.25) is 0 Å². The van der Waals surface area contributed by atoms with E-state index in [1.807, 2.05) is 37.1 Å². The zero-order valence-electron chi connectivity index (χ0n) is 15.2. The van der Waals surface area contributed by atoms with Crippen molar-refractivity contribution in [3.63, 3.8) is 0 Å². The number of carbonyl (C=O) groups is 1. The molecule has 4 heterocycles. The Bertz CT molecular complexity index is 910. The van der Waals surface area contributed by atoms with Crippen molar-refractivity contribution in [1.82, 2.24) is 24.7 Å². The van der Waals surface area contributed by atoms with Crippen LogP contribution in [0.25, 0.3) is 5.65 Å². The fourth-order valence-corrected chi connectivity index (χ4v) is 3.78. The van der Waals surface area contributed by atoms with Crippen molar-refractivity contribution in [2.75, 3.05) is 6.54 Å². The van der Waals surface area contributed by atoms with Crippen molar-refractivity contribution in [3.8, 4) is 0 Å². The molecule has 7 nitrogen and oxygen atoms in total. The molecule has 0 N–H and O–H groups in total. The average molecular weight is 353 g/mol. The van der Waals surface area contributed by atoms with Crippen LogP contribution in [0, 0.1) is 13.8 Å². The lowest BCUT2D eigenvalue weighted by molar-refractivity contribution is -0.135. The number of amides is 1. The predicted octanol–water partition coefficient (Wildman–Crippen LogP) is 3.02. The highest BCUT2D eigenvalue weighted by molar-refractivity contribution is 5.77. The molecule has 3 aromatic heterocycles. The third-order valence-corrected chi connectivity index (χ3v) is 5.21. The number of piperidine rings is 1. The Morgan fingerprint density at radius 1 is 1.31 bits per heavy atom. The number of aromatic nitrogens is 4. The monoisotopic (exact) mass is 353 g/mol. The summed E-state index contributed by atoms with van der Waals surface area (Å²) in [5.74, 6) is 0.975. The van der Waals surface area contributed by atoms with Crippen LogP contribution < -0.4 is 0 Å². The summed E-state index contributed by atoms with van der Waals surface area (Å²) in [5, 5.41) is 8.17.